The average molecular weight is 279 g/mol. The van der Waals surface area contributed by atoms with Crippen LogP contribution in [0.4, 0.5) is 28.9 Å². The molecule has 0 aliphatic carbocycles. The molecule has 0 radical (unpaired) electrons. The molecule has 0 saturated heterocycles. The lowest BCUT2D eigenvalue weighted by atomic mass is 10.2. The van der Waals surface area contributed by atoms with Crippen LogP contribution in [0.5, 0.6) is 0 Å². The third-order valence-electron chi connectivity index (χ3n) is 2.42. The number of anilines is 2. The van der Waals surface area contributed by atoms with E-state index in [0.717, 1.165) is 0 Å². The lowest BCUT2D eigenvalue weighted by Crippen LogP contribution is -2.34. The summed E-state index contributed by atoms with van der Waals surface area (Å²) in [6.45, 7) is -1.28. The highest BCUT2D eigenvalue weighted by Crippen LogP contribution is 2.27. The summed E-state index contributed by atoms with van der Waals surface area (Å²) < 4.78 is 54.2. The maximum absolute atomic E-state index is 12.8. The Kier molecular flexibility index (Phi) is 3.13. The molecule has 0 aliphatic heterocycles. The molecule has 104 valence electrons. The quantitative estimate of drug-likeness (QED) is 0.590. The SMILES string of the molecule is Nc1cc2oc(=O)[nH]c2cc1NCC(F)(F)C(F)F. The lowest BCUT2D eigenvalue weighted by molar-refractivity contribution is -0.117. The van der Waals surface area contributed by atoms with Crippen LogP contribution in [0.3, 0.4) is 0 Å². The Morgan fingerprint density at radius 3 is 2.74 bits per heavy atom. The molecule has 0 aliphatic rings. The second-order valence-electron chi connectivity index (χ2n) is 3.87. The largest absolute Gasteiger partial charge is 0.417 e. The molecular formula is C10H9F4N3O2. The van der Waals surface area contributed by atoms with Gasteiger partial charge in [-0.15, -0.1) is 0 Å². The summed E-state index contributed by atoms with van der Waals surface area (Å²) in [6, 6.07) is 2.47. The number of nitrogens with two attached hydrogens (primary N) is 1. The number of alkyl halides is 4. The van der Waals surface area contributed by atoms with E-state index >= 15 is 0 Å². The van der Waals surface area contributed by atoms with Crippen molar-refractivity contribution < 1.29 is 22.0 Å². The molecule has 4 N–H and O–H groups in total. The predicted octanol–water partition coefficient (Wildman–Crippen LogP) is 2.02. The number of halogens is 4. The Bertz CT molecular complexity index is 650. The van der Waals surface area contributed by atoms with Gasteiger partial charge in [-0.1, -0.05) is 0 Å². The fourth-order valence-corrected chi connectivity index (χ4v) is 1.46. The van der Waals surface area contributed by atoms with Crippen LogP contribution in [0, 0.1) is 0 Å². The van der Waals surface area contributed by atoms with E-state index in [2.05, 4.69) is 10.3 Å². The van der Waals surface area contributed by atoms with Crippen molar-refractivity contribution in [1.82, 2.24) is 4.98 Å². The van der Waals surface area contributed by atoms with Crippen molar-refractivity contribution in [1.29, 1.82) is 0 Å². The minimum absolute atomic E-state index is 0.000293. The number of hydrogen-bond acceptors (Lipinski definition) is 4. The summed E-state index contributed by atoms with van der Waals surface area (Å²) in [4.78, 5) is 13.2. The van der Waals surface area contributed by atoms with Gasteiger partial charge in [-0.25, -0.2) is 13.6 Å². The Balaban J connectivity index is 2.25. The van der Waals surface area contributed by atoms with Gasteiger partial charge in [-0.2, -0.15) is 8.78 Å². The van der Waals surface area contributed by atoms with Crippen LogP contribution >= 0.6 is 0 Å². The molecule has 0 saturated carbocycles. The van der Waals surface area contributed by atoms with E-state index in [1.165, 1.54) is 12.1 Å². The zero-order chi connectivity index (χ0) is 14.2. The zero-order valence-electron chi connectivity index (χ0n) is 9.34. The van der Waals surface area contributed by atoms with Crippen LogP contribution in [-0.4, -0.2) is 23.9 Å². The van der Waals surface area contributed by atoms with E-state index in [1.807, 2.05) is 0 Å². The maximum Gasteiger partial charge on any atom is 0.417 e. The number of hydrogen-bond donors (Lipinski definition) is 3. The number of H-pyrrole nitrogens is 1. The molecule has 19 heavy (non-hydrogen) atoms. The smallest absolute Gasteiger partial charge is 0.408 e. The van der Waals surface area contributed by atoms with Gasteiger partial charge < -0.3 is 15.5 Å². The molecule has 0 bridgehead atoms. The third kappa shape index (κ3) is 2.64. The van der Waals surface area contributed by atoms with E-state index in [0.29, 0.717) is 0 Å². The molecule has 0 unspecified atom stereocenters. The molecule has 1 aromatic heterocycles. The lowest BCUT2D eigenvalue weighted by Gasteiger charge is -2.17. The first-order valence-corrected chi connectivity index (χ1v) is 5.12. The van der Waals surface area contributed by atoms with E-state index < -0.39 is 24.6 Å². The molecule has 2 rings (SSSR count). The van der Waals surface area contributed by atoms with Crippen molar-refractivity contribution >= 4 is 22.5 Å². The van der Waals surface area contributed by atoms with Gasteiger partial charge >= 0.3 is 18.1 Å². The van der Waals surface area contributed by atoms with E-state index in [9.17, 15) is 22.4 Å². The van der Waals surface area contributed by atoms with E-state index in [-0.39, 0.29) is 22.5 Å². The topological polar surface area (TPSA) is 84.0 Å². The number of rotatable bonds is 4. The van der Waals surface area contributed by atoms with Crippen LogP contribution in [0.25, 0.3) is 11.1 Å². The van der Waals surface area contributed by atoms with Gasteiger partial charge in [0.25, 0.3) is 0 Å². The van der Waals surface area contributed by atoms with Crippen molar-refractivity contribution in [3.05, 3.63) is 22.7 Å². The summed E-state index contributed by atoms with van der Waals surface area (Å²) in [7, 11) is 0. The highest BCUT2D eigenvalue weighted by atomic mass is 19.3. The maximum atomic E-state index is 12.8. The molecule has 1 aromatic carbocycles. The fraction of sp³-hybridized carbons (Fsp3) is 0.300. The second-order valence-corrected chi connectivity index (χ2v) is 3.87. The van der Waals surface area contributed by atoms with Crippen LogP contribution in [-0.2, 0) is 0 Å². The Morgan fingerprint density at radius 2 is 2.11 bits per heavy atom. The molecule has 1 heterocycles. The molecule has 0 atom stereocenters. The molecule has 0 spiro atoms. The van der Waals surface area contributed by atoms with Crippen LogP contribution in [0.15, 0.2) is 21.3 Å². The average Bonchev–Trinajstić information content (AvgIpc) is 2.65. The fourth-order valence-electron chi connectivity index (χ4n) is 1.46. The first-order valence-electron chi connectivity index (χ1n) is 5.12. The standard InChI is InChI=1S/C10H9F4N3O2/c11-8(12)10(13,14)3-16-5-2-6-7(1-4(5)15)19-9(18)17-6/h1-2,8,16H,3,15H2,(H,17,18). The van der Waals surface area contributed by atoms with Gasteiger partial charge in [-0.05, 0) is 6.07 Å². The van der Waals surface area contributed by atoms with Crippen LogP contribution < -0.4 is 16.8 Å². The van der Waals surface area contributed by atoms with Gasteiger partial charge in [0, 0.05) is 6.07 Å². The monoisotopic (exact) mass is 279 g/mol. The molecule has 5 nitrogen and oxygen atoms in total. The Morgan fingerprint density at radius 1 is 1.42 bits per heavy atom. The van der Waals surface area contributed by atoms with Crippen molar-refractivity contribution in [2.45, 2.75) is 12.3 Å². The Labute approximate surface area is 103 Å². The number of nitrogens with one attached hydrogen (secondary N) is 2. The highest BCUT2D eigenvalue weighted by molar-refractivity contribution is 5.85. The number of benzene rings is 1. The summed E-state index contributed by atoms with van der Waals surface area (Å²) in [5.41, 5.74) is 5.91. The van der Waals surface area contributed by atoms with E-state index in [4.69, 9.17) is 10.2 Å². The molecule has 2 aromatic rings. The molecule has 0 fully saturated rings. The number of fused-ring (bicyclic) bond motifs is 1. The highest BCUT2D eigenvalue weighted by Gasteiger charge is 2.40. The zero-order valence-corrected chi connectivity index (χ0v) is 9.34. The number of aromatic amines is 1. The molecule has 9 heteroatoms. The normalized spacial score (nSPS) is 12.3. The predicted molar refractivity (Wildman–Crippen MR) is 60.7 cm³/mol. The first-order chi connectivity index (χ1) is 8.79. The minimum atomic E-state index is -4.18. The van der Waals surface area contributed by atoms with E-state index in [1.54, 1.807) is 0 Å². The Hall–Kier alpha value is -2.19. The van der Waals surface area contributed by atoms with Gasteiger partial charge in [0.05, 0.1) is 23.4 Å². The summed E-state index contributed by atoms with van der Waals surface area (Å²) in [5, 5.41) is 2.12. The summed E-state index contributed by atoms with van der Waals surface area (Å²) in [5.74, 6) is -4.91. The summed E-state index contributed by atoms with van der Waals surface area (Å²) >= 11 is 0. The number of aromatic nitrogens is 1. The van der Waals surface area contributed by atoms with Gasteiger partial charge in [0.1, 0.15) is 0 Å². The van der Waals surface area contributed by atoms with Crippen molar-refractivity contribution in [3.8, 4) is 0 Å². The third-order valence-corrected chi connectivity index (χ3v) is 2.42. The van der Waals surface area contributed by atoms with Crippen molar-refractivity contribution in [3.63, 3.8) is 0 Å². The number of oxazole rings is 1. The first kappa shape index (κ1) is 13.2. The van der Waals surface area contributed by atoms with Gasteiger partial charge in [-0.3, -0.25) is 4.98 Å². The van der Waals surface area contributed by atoms with Crippen LogP contribution in [0.2, 0.25) is 0 Å². The van der Waals surface area contributed by atoms with Crippen molar-refractivity contribution in [2.75, 3.05) is 17.6 Å². The van der Waals surface area contributed by atoms with Crippen molar-refractivity contribution in [2.24, 2.45) is 0 Å². The van der Waals surface area contributed by atoms with Gasteiger partial charge in [0.15, 0.2) is 5.58 Å². The molecular weight excluding hydrogens is 270 g/mol. The summed E-state index contributed by atoms with van der Waals surface area (Å²) in [6.07, 6.45) is -3.78. The van der Waals surface area contributed by atoms with Crippen LogP contribution in [0.1, 0.15) is 0 Å². The molecule has 0 amide bonds. The second kappa shape index (κ2) is 4.48. The minimum Gasteiger partial charge on any atom is -0.408 e. The van der Waals surface area contributed by atoms with Gasteiger partial charge in [0.2, 0.25) is 0 Å². The number of nitrogen functional groups attached to an aromatic ring is 1.